The van der Waals surface area contributed by atoms with Crippen LogP contribution in [0, 0.1) is 5.82 Å². The van der Waals surface area contributed by atoms with E-state index in [0.717, 1.165) is 18.9 Å². The van der Waals surface area contributed by atoms with Crippen LogP contribution in [0.15, 0.2) is 35.2 Å². The largest absolute Gasteiger partial charge is 0.487 e. The molecule has 1 amide bonds. The van der Waals surface area contributed by atoms with Gasteiger partial charge in [-0.05, 0) is 63.9 Å². The average Bonchev–Trinajstić information content (AvgIpc) is 3.11. The van der Waals surface area contributed by atoms with Gasteiger partial charge in [-0.2, -0.15) is 4.31 Å². The number of halogens is 3. The summed E-state index contributed by atoms with van der Waals surface area (Å²) in [7, 11) is -0.768. The van der Waals surface area contributed by atoms with E-state index >= 15 is 0 Å². The third-order valence-corrected chi connectivity index (χ3v) is 10.0. The van der Waals surface area contributed by atoms with E-state index < -0.39 is 21.4 Å². The zero-order valence-corrected chi connectivity index (χ0v) is 25.0. The number of carbonyl (C=O) groups excluding carboxylic acids is 1. The number of fused-ring (bicyclic) bond motifs is 2. The highest BCUT2D eigenvalue weighted by Gasteiger charge is 2.44. The smallest absolute Gasteiger partial charge is 0.255 e. The first-order valence-electron chi connectivity index (χ1n) is 12.7. The molecule has 0 aromatic heterocycles. The van der Waals surface area contributed by atoms with E-state index in [0.29, 0.717) is 31.1 Å². The van der Waals surface area contributed by atoms with Crippen molar-refractivity contribution in [1.82, 2.24) is 9.21 Å². The van der Waals surface area contributed by atoms with Crippen molar-refractivity contribution in [3.8, 4) is 5.75 Å². The summed E-state index contributed by atoms with van der Waals surface area (Å²) in [4.78, 5) is 17.2. The molecule has 2 heterocycles. The molecular formula is C27H34Cl2FN3O5S. The summed E-state index contributed by atoms with van der Waals surface area (Å²) >= 11 is 12.9. The third-order valence-electron chi connectivity index (χ3n) is 7.34. The van der Waals surface area contributed by atoms with E-state index in [9.17, 15) is 17.6 Å². The van der Waals surface area contributed by atoms with Crippen molar-refractivity contribution in [2.24, 2.45) is 0 Å². The van der Waals surface area contributed by atoms with Crippen molar-refractivity contribution in [2.75, 3.05) is 45.4 Å². The lowest BCUT2D eigenvalue weighted by molar-refractivity contribution is 0.0717. The number of hydrogen-bond donors (Lipinski definition) is 0. The molecule has 0 N–H and O–H groups in total. The Morgan fingerprint density at radius 1 is 1.08 bits per heavy atom. The lowest BCUT2D eigenvalue weighted by Crippen LogP contribution is -2.55. The lowest BCUT2D eigenvalue weighted by atomic mass is 10.1. The van der Waals surface area contributed by atoms with E-state index in [1.54, 1.807) is 25.1 Å². The van der Waals surface area contributed by atoms with Gasteiger partial charge in [-0.1, -0.05) is 23.2 Å². The fourth-order valence-corrected chi connectivity index (χ4v) is 7.23. The van der Waals surface area contributed by atoms with Gasteiger partial charge >= 0.3 is 0 Å². The van der Waals surface area contributed by atoms with Crippen molar-refractivity contribution in [3.63, 3.8) is 0 Å². The molecule has 0 aliphatic carbocycles. The van der Waals surface area contributed by atoms with Crippen molar-refractivity contribution in [2.45, 2.75) is 56.1 Å². The number of likely N-dealkylation sites (tertiary alicyclic amines) is 1. The molecule has 2 bridgehead atoms. The van der Waals surface area contributed by atoms with Crippen LogP contribution < -0.4 is 9.64 Å². The summed E-state index contributed by atoms with van der Waals surface area (Å²) in [5, 5.41) is 0.247. The van der Waals surface area contributed by atoms with Crippen LogP contribution in [0.3, 0.4) is 0 Å². The van der Waals surface area contributed by atoms with Crippen LogP contribution >= 0.6 is 23.2 Å². The van der Waals surface area contributed by atoms with Gasteiger partial charge in [0.25, 0.3) is 5.91 Å². The Bertz CT molecular complexity index is 1340. The number of hydrogen-bond acceptors (Lipinski definition) is 6. The van der Waals surface area contributed by atoms with Crippen molar-refractivity contribution >= 4 is 44.8 Å². The molecule has 2 saturated heterocycles. The highest BCUT2D eigenvalue weighted by Crippen LogP contribution is 2.45. The van der Waals surface area contributed by atoms with Gasteiger partial charge in [0.05, 0.1) is 32.8 Å². The van der Waals surface area contributed by atoms with E-state index in [2.05, 4.69) is 4.90 Å². The first-order valence-corrected chi connectivity index (χ1v) is 14.9. The molecule has 2 aromatic carbocycles. The normalized spacial score (nSPS) is 19.6. The van der Waals surface area contributed by atoms with Crippen LogP contribution in [0.1, 0.15) is 44.0 Å². The second-order valence-corrected chi connectivity index (χ2v) is 13.6. The first kappa shape index (κ1) is 29.9. The maximum Gasteiger partial charge on any atom is 0.255 e. The number of nitrogens with zero attached hydrogens (tertiary/aromatic N) is 3. The third kappa shape index (κ3) is 6.00. The van der Waals surface area contributed by atoms with Gasteiger partial charge in [0.1, 0.15) is 12.4 Å². The van der Waals surface area contributed by atoms with Gasteiger partial charge < -0.3 is 19.3 Å². The van der Waals surface area contributed by atoms with Crippen LogP contribution in [0.5, 0.6) is 5.75 Å². The molecule has 0 radical (unpaired) electrons. The van der Waals surface area contributed by atoms with E-state index in [1.165, 1.54) is 22.5 Å². The zero-order valence-electron chi connectivity index (χ0n) is 22.7. The fraction of sp³-hybridized carbons (Fsp3) is 0.519. The summed E-state index contributed by atoms with van der Waals surface area (Å²) in [5.41, 5.74) is 0.168. The van der Waals surface area contributed by atoms with Gasteiger partial charge in [0, 0.05) is 44.9 Å². The van der Waals surface area contributed by atoms with Crippen molar-refractivity contribution in [3.05, 3.63) is 51.8 Å². The van der Waals surface area contributed by atoms with E-state index in [1.807, 2.05) is 20.8 Å². The maximum atomic E-state index is 13.6. The molecule has 0 spiro atoms. The second kappa shape index (κ2) is 11.4. The summed E-state index contributed by atoms with van der Waals surface area (Å²) in [6.07, 6.45) is 1.58. The van der Waals surface area contributed by atoms with Gasteiger partial charge in [-0.15, -0.1) is 0 Å². The molecule has 8 nitrogen and oxygen atoms in total. The summed E-state index contributed by atoms with van der Waals surface area (Å²) in [6.45, 7) is 6.79. The molecule has 2 aliphatic rings. The molecule has 2 unspecified atom stereocenters. The molecule has 4 rings (SSSR count). The predicted molar refractivity (Wildman–Crippen MR) is 150 cm³/mol. The number of ether oxygens (including phenoxy) is 2. The Labute approximate surface area is 239 Å². The summed E-state index contributed by atoms with van der Waals surface area (Å²) < 4.78 is 53.1. The minimum atomic E-state index is -3.87. The van der Waals surface area contributed by atoms with E-state index in [4.69, 9.17) is 32.7 Å². The highest BCUT2D eigenvalue weighted by molar-refractivity contribution is 7.89. The van der Waals surface area contributed by atoms with Gasteiger partial charge in [0.2, 0.25) is 10.0 Å². The van der Waals surface area contributed by atoms with E-state index in [-0.39, 0.29) is 45.1 Å². The molecular weight excluding hydrogens is 568 g/mol. The van der Waals surface area contributed by atoms with Gasteiger partial charge in [0.15, 0.2) is 5.75 Å². The number of benzene rings is 2. The topological polar surface area (TPSA) is 79.4 Å². The minimum absolute atomic E-state index is 0.0648. The van der Waals surface area contributed by atoms with Crippen LogP contribution in [0.2, 0.25) is 10.0 Å². The maximum absolute atomic E-state index is 13.6. The molecule has 0 saturated carbocycles. The Kier molecular flexibility index (Phi) is 8.73. The Morgan fingerprint density at radius 2 is 1.72 bits per heavy atom. The van der Waals surface area contributed by atoms with Crippen LogP contribution in [-0.2, 0) is 14.8 Å². The molecule has 2 fully saturated rings. The summed E-state index contributed by atoms with van der Waals surface area (Å²) in [6, 6.07) is 6.57. The number of sulfonamides is 1. The molecule has 2 aromatic rings. The van der Waals surface area contributed by atoms with Crippen molar-refractivity contribution < 1.29 is 27.1 Å². The first-order chi connectivity index (χ1) is 18.3. The Balaban J connectivity index is 1.71. The number of amides is 1. The molecule has 2 atom stereocenters. The Morgan fingerprint density at radius 3 is 2.28 bits per heavy atom. The monoisotopic (exact) mass is 601 g/mol. The van der Waals surface area contributed by atoms with Crippen molar-refractivity contribution in [1.29, 1.82) is 0 Å². The number of methoxy groups -OCH3 is 1. The molecule has 39 heavy (non-hydrogen) atoms. The molecule has 12 heteroatoms. The zero-order chi connectivity index (χ0) is 28.7. The number of piperazine rings is 1. The molecule has 214 valence electrons. The SMILES string of the molecule is COCCOc1c(Cl)cc(S(=O)(=O)N(C)C(C)(C)C)cc1N1C2CCC1CN(C(=O)c1ccc(F)cc1Cl)C2. The Hall–Kier alpha value is -2.11. The van der Waals surface area contributed by atoms with Crippen LogP contribution in [0.4, 0.5) is 10.1 Å². The number of carbonyl (C=O) groups is 1. The summed E-state index contributed by atoms with van der Waals surface area (Å²) in [5.74, 6) is -0.398. The lowest BCUT2D eigenvalue weighted by Gasteiger charge is -2.43. The van der Waals surface area contributed by atoms with Gasteiger partial charge in [-0.25, -0.2) is 12.8 Å². The second-order valence-electron chi connectivity index (χ2n) is 10.9. The number of rotatable bonds is 8. The van der Waals surface area contributed by atoms with Crippen LogP contribution in [-0.4, -0.2) is 81.6 Å². The molecule has 2 aliphatic heterocycles. The number of anilines is 1. The standard InChI is InChI=1S/C27H34Cl2FN3O5S/c1-27(2,3)31(4)39(35,36)20-13-23(29)25(38-11-10-37-5)24(14-20)33-18-7-8-19(33)16-32(15-18)26(34)21-9-6-17(30)12-22(21)28/h6,9,12-14,18-19H,7-8,10-11,15-16H2,1-5H3. The minimum Gasteiger partial charge on any atom is -0.487 e. The highest BCUT2D eigenvalue weighted by atomic mass is 35.5. The van der Waals surface area contributed by atoms with Gasteiger partial charge in [-0.3, -0.25) is 4.79 Å². The fourth-order valence-electron chi connectivity index (χ4n) is 5.08. The predicted octanol–water partition coefficient (Wildman–Crippen LogP) is 5.07. The van der Waals surface area contributed by atoms with Crippen LogP contribution in [0.25, 0.3) is 0 Å². The quantitative estimate of drug-likeness (QED) is 0.393. The average molecular weight is 603 g/mol.